The molecule has 0 radical (unpaired) electrons. The van der Waals surface area contributed by atoms with Gasteiger partial charge in [-0.2, -0.15) is 0 Å². The molecule has 2 aromatic rings. The van der Waals surface area contributed by atoms with Crippen LogP contribution in [0.5, 0.6) is 5.75 Å². The summed E-state index contributed by atoms with van der Waals surface area (Å²) in [6, 6.07) is 8.31. The number of nitrogens with one attached hydrogen (secondary N) is 1. The Hall–Kier alpha value is -2.14. The van der Waals surface area contributed by atoms with E-state index in [0.717, 1.165) is 57.1 Å². The van der Waals surface area contributed by atoms with Crippen molar-refractivity contribution in [1.29, 1.82) is 0 Å². The summed E-state index contributed by atoms with van der Waals surface area (Å²) in [5.41, 5.74) is 2.41. The Bertz CT molecular complexity index is 651. The molecule has 3 rings (SSSR count). The van der Waals surface area contributed by atoms with Gasteiger partial charge >= 0.3 is 0 Å². The van der Waals surface area contributed by atoms with Crippen LogP contribution < -0.4 is 10.1 Å². The fourth-order valence-electron chi connectivity index (χ4n) is 3.09. The van der Waals surface area contributed by atoms with Crippen LogP contribution in [0.1, 0.15) is 37.3 Å². The summed E-state index contributed by atoms with van der Waals surface area (Å²) in [6.45, 7) is 8.14. The lowest BCUT2D eigenvalue weighted by molar-refractivity contribution is 0.0966. The summed E-state index contributed by atoms with van der Waals surface area (Å²) in [4.78, 5) is 11.2. The van der Waals surface area contributed by atoms with Crippen molar-refractivity contribution >= 4 is 5.95 Å². The highest BCUT2D eigenvalue weighted by Crippen LogP contribution is 2.20. The average Bonchev–Trinajstić information content (AvgIpc) is 2.63. The van der Waals surface area contributed by atoms with Gasteiger partial charge in [-0.15, -0.1) is 0 Å². The molecular formula is C20H28N4O. The number of benzene rings is 1. The standard InChI is InChI=1S/C20H28N4O/c1-3-9-21-20-22-13-17(14-23-20)15-24-10-7-18(8-11-24)25-19-6-4-5-16(2)12-19/h4-6,12-14,18H,3,7-11,15H2,1-2H3,(H,21,22,23). The van der Waals surface area contributed by atoms with Crippen LogP contribution in [-0.4, -0.2) is 40.6 Å². The van der Waals surface area contributed by atoms with E-state index < -0.39 is 0 Å². The number of nitrogens with zero attached hydrogens (tertiary/aromatic N) is 3. The van der Waals surface area contributed by atoms with Gasteiger partial charge in [0.25, 0.3) is 0 Å². The normalized spacial score (nSPS) is 15.9. The monoisotopic (exact) mass is 340 g/mol. The molecule has 1 aromatic heterocycles. The number of aryl methyl sites for hydroxylation is 1. The minimum Gasteiger partial charge on any atom is -0.490 e. The van der Waals surface area contributed by atoms with E-state index in [1.54, 1.807) is 0 Å². The SMILES string of the molecule is CCCNc1ncc(CN2CCC(Oc3cccc(C)c3)CC2)cn1. The first-order valence-corrected chi connectivity index (χ1v) is 9.23. The summed E-state index contributed by atoms with van der Waals surface area (Å²) < 4.78 is 6.13. The van der Waals surface area contributed by atoms with Gasteiger partial charge in [0.15, 0.2) is 0 Å². The van der Waals surface area contributed by atoms with E-state index in [0.29, 0.717) is 6.10 Å². The minimum atomic E-state index is 0.315. The van der Waals surface area contributed by atoms with E-state index in [1.165, 1.54) is 11.1 Å². The molecule has 0 amide bonds. The highest BCUT2D eigenvalue weighted by Gasteiger charge is 2.20. The van der Waals surface area contributed by atoms with E-state index in [1.807, 2.05) is 18.5 Å². The topological polar surface area (TPSA) is 50.3 Å². The molecule has 0 atom stereocenters. The highest BCUT2D eigenvalue weighted by atomic mass is 16.5. The van der Waals surface area contributed by atoms with Gasteiger partial charge in [0.2, 0.25) is 5.95 Å². The first-order chi connectivity index (χ1) is 12.2. The third-order valence-electron chi connectivity index (χ3n) is 4.47. The van der Waals surface area contributed by atoms with Crippen molar-refractivity contribution < 1.29 is 4.74 Å². The molecule has 2 heterocycles. The van der Waals surface area contributed by atoms with Crippen LogP contribution in [0.4, 0.5) is 5.95 Å². The molecule has 0 aliphatic carbocycles. The molecule has 1 fully saturated rings. The molecule has 5 heteroatoms. The van der Waals surface area contributed by atoms with Crippen molar-refractivity contribution in [3.05, 3.63) is 47.8 Å². The molecule has 0 saturated carbocycles. The van der Waals surface area contributed by atoms with E-state index in [-0.39, 0.29) is 0 Å². The van der Waals surface area contributed by atoms with Gasteiger partial charge in [-0.05, 0) is 43.9 Å². The van der Waals surface area contributed by atoms with Crippen LogP contribution in [0.25, 0.3) is 0 Å². The molecule has 1 aromatic carbocycles. The Balaban J connectivity index is 1.44. The first-order valence-electron chi connectivity index (χ1n) is 9.23. The molecule has 5 nitrogen and oxygen atoms in total. The van der Waals surface area contributed by atoms with E-state index in [4.69, 9.17) is 4.74 Å². The lowest BCUT2D eigenvalue weighted by Crippen LogP contribution is -2.37. The number of piperidine rings is 1. The van der Waals surface area contributed by atoms with Gasteiger partial charge < -0.3 is 10.1 Å². The predicted octanol–water partition coefficient (Wildman–Crippen LogP) is 3.65. The molecule has 1 aliphatic rings. The Morgan fingerprint density at radius 1 is 1.20 bits per heavy atom. The van der Waals surface area contributed by atoms with E-state index in [9.17, 15) is 0 Å². The first kappa shape index (κ1) is 17.7. The molecule has 0 bridgehead atoms. The smallest absolute Gasteiger partial charge is 0.222 e. The maximum Gasteiger partial charge on any atom is 0.222 e. The summed E-state index contributed by atoms with van der Waals surface area (Å²) in [6.07, 6.45) is 7.37. The van der Waals surface area contributed by atoms with Crippen molar-refractivity contribution in [2.24, 2.45) is 0 Å². The van der Waals surface area contributed by atoms with Crippen molar-refractivity contribution in [3.8, 4) is 5.75 Å². The third kappa shape index (κ3) is 5.43. The zero-order chi connectivity index (χ0) is 17.5. The fourth-order valence-corrected chi connectivity index (χ4v) is 3.09. The second-order valence-electron chi connectivity index (χ2n) is 6.75. The average molecular weight is 340 g/mol. The van der Waals surface area contributed by atoms with E-state index >= 15 is 0 Å². The van der Waals surface area contributed by atoms with Gasteiger partial charge in [-0.3, -0.25) is 4.90 Å². The van der Waals surface area contributed by atoms with Gasteiger partial charge in [-0.1, -0.05) is 19.1 Å². The summed E-state index contributed by atoms with van der Waals surface area (Å²) in [5, 5.41) is 3.21. The number of ether oxygens (including phenoxy) is 1. The number of hydrogen-bond acceptors (Lipinski definition) is 5. The maximum absolute atomic E-state index is 6.13. The zero-order valence-electron chi connectivity index (χ0n) is 15.2. The van der Waals surface area contributed by atoms with Crippen molar-refractivity contribution in [3.63, 3.8) is 0 Å². The Kier molecular flexibility index (Phi) is 6.23. The van der Waals surface area contributed by atoms with Crippen LogP contribution in [-0.2, 0) is 6.54 Å². The van der Waals surface area contributed by atoms with Crippen molar-refractivity contribution in [2.45, 2.75) is 45.8 Å². The van der Waals surface area contributed by atoms with Crippen LogP contribution in [0, 0.1) is 6.92 Å². The molecule has 1 N–H and O–H groups in total. The minimum absolute atomic E-state index is 0.315. The molecule has 0 spiro atoms. The van der Waals surface area contributed by atoms with Crippen LogP contribution in [0.15, 0.2) is 36.7 Å². The van der Waals surface area contributed by atoms with Crippen LogP contribution in [0.3, 0.4) is 0 Å². The molecule has 1 aliphatic heterocycles. The second-order valence-corrected chi connectivity index (χ2v) is 6.75. The quantitative estimate of drug-likeness (QED) is 0.834. The lowest BCUT2D eigenvalue weighted by Gasteiger charge is -2.32. The maximum atomic E-state index is 6.13. The summed E-state index contributed by atoms with van der Waals surface area (Å²) >= 11 is 0. The van der Waals surface area contributed by atoms with Gasteiger partial charge in [-0.25, -0.2) is 9.97 Å². The Morgan fingerprint density at radius 2 is 1.96 bits per heavy atom. The van der Waals surface area contributed by atoms with E-state index in [2.05, 4.69) is 52.2 Å². The number of anilines is 1. The number of hydrogen-bond donors (Lipinski definition) is 1. The molecule has 1 saturated heterocycles. The molecule has 134 valence electrons. The van der Waals surface area contributed by atoms with Crippen molar-refractivity contribution in [1.82, 2.24) is 14.9 Å². The third-order valence-corrected chi connectivity index (χ3v) is 4.47. The Labute approximate surface area is 150 Å². The van der Waals surface area contributed by atoms with Crippen LogP contribution >= 0.6 is 0 Å². The van der Waals surface area contributed by atoms with Gasteiger partial charge in [0, 0.05) is 44.1 Å². The zero-order valence-corrected chi connectivity index (χ0v) is 15.2. The van der Waals surface area contributed by atoms with Gasteiger partial charge in [0.05, 0.1) is 0 Å². The number of likely N-dealkylation sites (tertiary alicyclic amines) is 1. The fraction of sp³-hybridized carbons (Fsp3) is 0.500. The number of rotatable bonds is 7. The second kappa shape index (κ2) is 8.81. The summed E-state index contributed by atoms with van der Waals surface area (Å²) in [7, 11) is 0. The molecular weight excluding hydrogens is 312 g/mol. The van der Waals surface area contributed by atoms with Crippen molar-refractivity contribution in [2.75, 3.05) is 25.0 Å². The Morgan fingerprint density at radius 3 is 2.64 bits per heavy atom. The predicted molar refractivity (Wildman–Crippen MR) is 101 cm³/mol. The number of aromatic nitrogens is 2. The highest BCUT2D eigenvalue weighted by molar-refractivity contribution is 5.27. The van der Waals surface area contributed by atoms with Gasteiger partial charge in [0.1, 0.15) is 11.9 Å². The lowest BCUT2D eigenvalue weighted by atomic mass is 10.1. The summed E-state index contributed by atoms with van der Waals surface area (Å²) in [5.74, 6) is 1.71. The largest absolute Gasteiger partial charge is 0.490 e. The molecule has 0 unspecified atom stereocenters. The molecule has 25 heavy (non-hydrogen) atoms. The van der Waals surface area contributed by atoms with Crippen LogP contribution in [0.2, 0.25) is 0 Å².